The quantitative estimate of drug-likeness (QED) is 0.0376. The molecule has 2 aliphatic rings. The smallest absolute Gasteiger partial charge is 0.744 e. The van der Waals surface area contributed by atoms with Crippen LogP contribution in [0.5, 0.6) is 11.5 Å². The molecule has 18 nitrogen and oxygen atoms in total. The number of fused-ring (bicyclic) bond motifs is 3. The molecule has 0 spiro atoms. The van der Waals surface area contributed by atoms with Crippen molar-refractivity contribution in [3.8, 4) is 22.6 Å². The Morgan fingerprint density at radius 1 is 0.783 bits per heavy atom. The number of carbonyl (C=O) groups is 1. The zero-order chi connectivity index (χ0) is 47.7. The zero-order valence-electron chi connectivity index (χ0n) is 38.7. The number of sulfonamides is 1. The molecule has 3 N–H and O–H groups in total. The number of anilines is 3. The third kappa shape index (κ3) is 11.5. The van der Waals surface area contributed by atoms with E-state index >= 15 is 0 Å². The molecule has 0 atom stereocenters. The van der Waals surface area contributed by atoms with Crippen molar-refractivity contribution in [2.24, 2.45) is 10.4 Å². The van der Waals surface area contributed by atoms with Crippen LogP contribution in [0, 0.1) is 5.41 Å². The first-order chi connectivity index (χ1) is 30.9. The fraction of sp³-hybridized carbons (Fsp3) is 0.205. The van der Waals surface area contributed by atoms with Crippen LogP contribution in [0.4, 0.5) is 22.9 Å². The number of nitrogens with one attached hydrogen (secondary N) is 3. The number of ketones is 1. The summed E-state index contributed by atoms with van der Waals surface area (Å²) in [6, 6.07) is 21.1. The predicted molar refractivity (Wildman–Crippen MR) is 240 cm³/mol. The average molecular weight is 1040 g/mol. The maximum Gasteiger partial charge on any atom is 1.00 e. The van der Waals surface area contributed by atoms with Crippen LogP contribution in [0.2, 0.25) is 0 Å². The number of aliphatic imine (C=N–C) groups is 1. The summed E-state index contributed by atoms with van der Waals surface area (Å²) in [4.78, 5) is 22.9. The normalized spacial score (nSPS) is 13.9. The summed E-state index contributed by atoms with van der Waals surface area (Å²) >= 11 is 0.239. The van der Waals surface area contributed by atoms with Crippen LogP contribution in [0.25, 0.3) is 22.0 Å². The zero-order valence-corrected chi connectivity index (χ0v) is 48.0. The number of rotatable bonds is 13. The largest absolute Gasteiger partial charge is 1.00 e. The molecule has 6 aromatic rings. The molecule has 8 rings (SSSR count). The Bertz CT molecular complexity index is 3430. The van der Waals surface area contributed by atoms with Crippen molar-refractivity contribution in [2.75, 3.05) is 17.7 Å². The average Bonchev–Trinajstić information content (AvgIpc) is 3.23. The molecule has 1 aliphatic carbocycles. The SMILES string of the molecule is CNc1nc2c(Oc3ccc(C(C)(C)CC(C)(C)C)cc3S(=O)(=O)[O-])cc(Nc3ccc(S(=O)(=O)[O-])cc3SOO[O-])c3c2c(c1C1=Nc2ccccc2S(=O)(=O)N1)-c1ccccc1C3=O.[Na+].[Na+].[Na+]. The summed E-state index contributed by atoms with van der Waals surface area (Å²) in [5, 5.41) is 20.6. The number of carbonyl (C=O) groups excluding carboxylic acids is 1. The molecule has 0 saturated heterocycles. The minimum absolute atomic E-state index is 0. The van der Waals surface area contributed by atoms with E-state index in [0.717, 1.165) is 18.2 Å². The van der Waals surface area contributed by atoms with Gasteiger partial charge in [0.05, 0.1) is 54.9 Å². The third-order valence-electron chi connectivity index (χ3n) is 10.8. The van der Waals surface area contributed by atoms with Gasteiger partial charge in [-0.05, 0) is 70.8 Å². The van der Waals surface area contributed by atoms with Crippen LogP contribution in [0.1, 0.15) is 68.1 Å². The van der Waals surface area contributed by atoms with Gasteiger partial charge < -0.3 is 29.7 Å². The molecule has 0 bridgehead atoms. The molecule has 0 unspecified atom stereocenters. The van der Waals surface area contributed by atoms with E-state index in [-0.39, 0.29) is 184 Å². The van der Waals surface area contributed by atoms with E-state index in [4.69, 9.17) is 14.7 Å². The molecule has 69 heavy (non-hydrogen) atoms. The van der Waals surface area contributed by atoms with Crippen molar-refractivity contribution >= 4 is 87.7 Å². The van der Waals surface area contributed by atoms with Crippen molar-refractivity contribution in [2.45, 2.75) is 66.0 Å². The van der Waals surface area contributed by atoms with Gasteiger partial charge in [-0.2, -0.15) is 4.33 Å². The van der Waals surface area contributed by atoms with Gasteiger partial charge in [-0.15, -0.1) is 0 Å². The van der Waals surface area contributed by atoms with E-state index in [1.54, 1.807) is 42.5 Å². The first kappa shape index (κ1) is 57.0. The number of nitrogens with zero attached hydrogens (tertiary/aromatic N) is 2. The molecule has 25 heteroatoms. The van der Waals surface area contributed by atoms with Crippen molar-refractivity contribution in [3.63, 3.8) is 0 Å². The number of aromatic nitrogens is 1. The number of benzene rings is 5. The summed E-state index contributed by atoms with van der Waals surface area (Å²) in [6.45, 7) is 9.93. The topological polar surface area (TPSA) is 278 Å². The van der Waals surface area contributed by atoms with Crippen LogP contribution in [0.3, 0.4) is 0 Å². The Morgan fingerprint density at radius 3 is 2.09 bits per heavy atom. The molecule has 2 heterocycles. The number of pyridine rings is 1. The van der Waals surface area contributed by atoms with E-state index in [2.05, 4.69) is 24.7 Å². The van der Waals surface area contributed by atoms with Gasteiger partial charge >= 0.3 is 88.7 Å². The van der Waals surface area contributed by atoms with E-state index in [1.807, 2.05) is 34.6 Å². The van der Waals surface area contributed by atoms with Crippen molar-refractivity contribution in [1.29, 1.82) is 0 Å². The number of ether oxygens (including phenoxy) is 1. The van der Waals surface area contributed by atoms with Gasteiger partial charge in [0, 0.05) is 29.6 Å². The monoisotopic (exact) mass is 1040 g/mol. The summed E-state index contributed by atoms with van der Waals surface area (Å²) in [5.74, 6) is -1.33. The van der Waals surface area contributed by atoms with Crippen LogP contribution < -0.4 is 114 Å². The maximum atomic E-state index is 14.9. The standard InChI is InChI=1S/C44H41N5O13S4.3Na/c1-43(2,3)22-44(4,5)23-15-18-30(34(19-23)66(57,58)59)60-31-21-29(46-27-17-16-24(65(54,55)56)20-32(27)63-62-61-51)36-37-35(25-11-7-8-12-26(25)40(36)50)38(41(45-6)48-39(31)37)42-47-28-13-9-10-14-33(28)64(52,53)49-42;;;/h7-21,46,51H,22H2,1-6H3,(H,45,48)(H,47,49)(H,54,55,56)(H,57,58,59);;;/q;3*+1/p-3. The fourth-order valence-corrected chi connectivity index (χ4v) is 11.4. The molecule has 5 aromatic carbocycles. The molecular weight excluding hydrogens is 1000 g/mol. The van der Waals surface area contributed by atoms with Crippen molar-refractivity contribution in [1.82, 2.24) is 9.71 Å². The van der Waals surface area contributed by atoms with Crippen LogP contribution in [-0.2, 0) is 45.0 Å². The molecule has 0 saturated carbocycles. The van der Waals surface area contributed by atoms with Gasteiger partial charge in [0.1, 0.15) is 42.2 Å². The van der Waals surface area contributed by atoms with E-state index in [1.165, 1.54) is 37.4 Å². The molecule has 0 radical (unpaired) electrons. The molecular formula is C44H38N5Na3O13S4. The van der Waals surface area contributed by atoms with Gasteiger partial charge in [0.2, 0.25) is 0 Å². The first-order valence-electron chi connectivity index (χ1n) is 19.8. The summed E-state index contributed by atoms with van der Waals surface area (Å²) in [5.41, 5.74) is 0.379. The summed E-state index contributed by atoms with van der Waals surface area (Å²) in [6.07, 6.45) is 0.609. The molecule has 1 aromatic heterocycles. The minimum atomic E-state index is -5.24. The summed E-state index contributed by atoms with van der Waals surface area (Å²) < 4.78 is 117. The second-order valence-electron chi connectivity index (χ2n) is 17.2. The van der Waals surface area contributed by atoms with Gasteiger partial charge in [-0.3, -0.25) is 14.6 Å². The van der Waals surface area contributed by atoms with Crippen LogP contribution in [0.15, 0.2) is 116 Å². The second-order valence-corrected chi connectivity index (χ2v) is 22.3. The Labute approximate surface area is 469 Å². The van der Waals surface area contributed by atoms with E-state index < -0.39 is 57.0 Å². The molecule has 0 amide bonds. The number of hydrogen-bond acceptors (Lipinski definition) is 18. The molecule has 1 aliphatic heterocycles. The van der Waals surface area contributed by atoms with Gasteiger partial charge in [0.15, 0.2) is 17.4 Å². The number of hydrogen-bond donors (Lipinski definition) is 3. The number of amidine groups is 1. The Morgan fingerprint density at radius 2 is 1.45 bits per heavy atom. The fourth-order valence-electron chi connectivity index (χ4n) is 8.53. The second kappa shape index (κ2) is 21.3. The first-order valence-corrected chi connectivity index (χ1v) is 24.8. The van der Waals surface area contributed by atoms with Gasteiger partial charge in [-0.1, -0.05) is 77.1 Å². The molecule has 0 fully saturated rings. The minimum Gasteiger partial charge on any atom is -0.744 e. The van der Waals surface area contributed by atoms with Crippen LogP contribution >= 0.6 is 12.0 Å². The van der Waals surface area contributed by atoms with E-state index in [9.17, 15) is 44.4 Å². The Kier molecular flexibility index (Phi) is 17.5. The van der Waals surface area contributed by atoms with Crippen molar-refractivity contribution in [3.05, 3.63) is 113 Å². The van der Waals surface area contributed by atoms with Gasteiger partial charge in [0.25, 0.3) is 10.0 Å². The van der Waals surface area contributed by atoms with E-state index in [0.29, 0.717) is 17.5 Å². The molecule has 344 valence electrons. The third-order valence-corrected chi connectivity index (χ3v) is 14.6. The van der Waals surface area contributed by atoms with Gasteiger partial charge in [-0.25, -0.2) is 35.2 Å². The maximum absolute atomic E-state index is 14.9. The van der Waals surface area contributed by atoms with Crippen molar-refractivity contribution < 1.29 is 147 Å². The van der Waals surface area contributed by atoms with Crippen LogP contribution in [-0.4, -0.2) is 58.0 Å². The Balaban J connectivity index is 0.00000296. The predicted octanol–water partition coefficient (Wildman–Crippen LogP) is -1.84. The number of para-hydroxylation sites is 1. The summed E-state index contributed by atoms with van der Waals surface area (Å²) in [7, 11) is -13.0. The Hall–Kier alpha value is -2.95.